The van der Waals surface area contributed by atoms with Crippen LogP contribution in [0.3, 0.4) is 0 Å². The van der Waals surface area contributed by atoms with Gasteiger partial charge in [-0.1, -0.05) is 71.2 Å². The minimum Gasteiger partial charge on any atom is -0.207 e. The highest BCUT2D eigenvalue weighted by Gasteiger charge is 2.24. The average Bonchev–Trinajstić information content (AvgIpc) is 2.62. The van der Waals surface area contributed by atoms with E-state index in [2.05, 4.69) is 4.72 Å². The Balaban J connectivity index is 2.05. The molecule has 26 heavy (non-hydrogen) atoms. The van der Waals surface area contributed by atoms with Crippen LogP contribution < -0.4 is 4.72 Å². The minimum absolute atomic E-state index is 0.203. The maximum Gasteiger partial charge on any atom is 0.241 e. The van der Waals surface area contributed by atoms with Crippen LogP contribution >= 0.6 is 23.2 Å². The van der Waals surface area contributed by atoms with Gasteiger partial charge in [0.25, 0.3) is 0 Å². The fourth-order valence-corrected chi connectivity index (χ4v) is 4.19. The summed E-state index contributed by atoms with van der Waals surface area (Å²) < 4.78 is 28.6. The number of benzene rings is 3. The van der Waals surface area contributed by atoms with Crippen LogP contribution in [0.4, 0.5) is 0 Å². The fraction of sp³-hybridized carbons (Fsp3) is 0.100. The molecule has 3 rings (SSSR count). The minimum atomic E-state index is -3.74. The Bertz CT molecular complexity index is 1000. The van der Waals surface area contributed by atoms with E-state index in [4.69, 9.17) is 23.2 Å². The van der Waals surface area contributed by atoms with Crippen molar-refractivity contribution in [2.24, 2.45) is 0 Å². The normalized spacial score (nSPS) is 12.7. The summed E-state index contributed by atoms with van der Waals surface area (Å²) in [5.74, 6) is 0. The maximum atomic E-state index is 12.9. The first kappa shape index (κ1) is 18.9. The van der Waals surface area contributed by atoms with Gasteiger partial charge in [0, 0.05) is 10.0 Å². The van der Waals surface area contributed by atoms with Crippen molar-refractivity contribution in [3.8, 4) is 0 Å². The Kier molecular flexibility index (Phi) is 5.68. The molecular formula is C20H17Cl2NO2S. The average molecular weight is 406 g/mol. The van der Waals surface area contributed by atoms with Crippen molar-refractivity contribution in [3.05, 3.63) is 99.5 Å². The van der Waals surface area contributed by atoms with Crippen LogP contribution in [0.2, 0.25) is 10.0 Å². The van der Waals surface area contributed by atoms with E-state index >= 15 is 0 Å². The van der Waals surface area contributed by atoms with Crippen LogP contribution in [0, 0.1) is 6.92 Å². The SMILES string of the molecule is Cc1ccc(S(=O)(=O)NC(c2ccc(Cl)cc2)c2ccccc2Cl)cc1. The molecule has 134 valence electrons. The van der Waals surface area contributed by atoms with Gasteiger partial charge in [0.15, 0.2) is 0 Å². The second-order valence-electron chi connectivity index (χ2n) is 5.94. The molecule has 0 spiro atoms. The number of rotatable bonds is 5. The molecule has 3 aromatic rings. The highest BCUT2D eigenvalue weighted by atomic mass is 35.5. The van der Waals surface area contributed by atoms with E-state index in [0.29, 0.717) is 15.6 Å². The van der Waals surface area contributed by atoms with Crippen LogP contribution in [0.5, 0.6) is 0 Å². The highest BCUT2D eigenvalue weighted by Crippen LogP contribution is 2.30. The third-order valence-corrected chi connectivity index (χ3v) is 6.06. The van der Waals surface area contributed by atoms with Gasteiger partial charge < -0.3 is 0 Å². The lowest BCUT2D eigenvalue weighted by Gasteiger charge is -2.21. The van der Waals surface area contributed by atoms with Crippen LogP contribution in [0.1, 0.15) is 22.7 Å². The van der Waals surface area contributed by atoms with Gasteiger partial charge in [-0.15, -0.1) is 0 Å². The molecule has 1 unspecified atom stereocenters. The smallest absolute Gasteiger partial charge is 0.207 e. The largest absolute Gasteiger partial charge is 0.241 e. The zero-order valence-corrected chi connectivity index (χ0v) is 16.3. The molecule has 0 heterocycles. The Labute approximate surface area is 163 Å². The number of hydrogen-bond donors (Lipinski definition) is 1. The van der Waals surface area contributed by atoms with Crippen LogP contribution in [0.25, 0.3) is 0 Å². The van der Waals surface area contributed by atoms with E-state index in [1.807, 2.05) is 13.0 Å². The number of aryl methyl sites for hydroxylation is 1. The Morgan fingerprint density at radius 3 is 2.08 bits per heavy atom. The van der Waals surface area contributed by atoms with E-state index in [9.17, 15) is 8.42 Å². The summed E-state index contributed by atoms with van der Waals surface area (Å²) in [6.07, 6.45) is 0. The molecular weight excluding hydrogens is 389 g/mol. The molecule has 0 aromatic heterocycles. The van der Waals surface area contributed by atoms with E-state index in [1.165, 1.54) is 0 Å². The molecule has 0 aliphatic rings. The van der Waals surface area contributed by atoms with Crippen molar-refractivity contribution in [2.45, 2.75) is 17.9 Å². The number of sulfonamides is 1. The molecule has 0 fully saturated rings. The van der Waals surface area contributed by atoms with Crippen molar-refractivity contribution in [1.29, 1.82) is 0 Å². The molecule has 0 saturated heterocycles. The summed E-state index contributed by atoms with van der Waals surface area (Å²) in [4.78, 5) is 0.203. The topological polar surface area (TPSA) is 46.2 Å². The van der Waals surface area contributed by atoms with Crippen molar-refractivity contribution in [1.82, 2.24) is 4.72 Å². The van der Waals surface area contributed by atoms with Crippen LogP contribution in [0.15, 0.2) is 77.7 Å². The molecule has 6 heteroatoms. The van der Waals surface area contributed by atoms with E-state index in [-0.39, 0.29) is 4.90 Å². The first-order valence-electron chi connectivity index (χ1n) is 7.96. The molecule has 1 N–H and O–H groups in total. The maximum absolute atomic E-state index is 12.9. The quantitative estimate of drug-likeness (QED) is 0.619. The van der Waals surface area contributed by atoms with Gasteiger partial charge in [0.2, 0.25) is 10.0 Å². The molecule has 0 radical (unpaired) electrons. The van der Waals surface area contributed by atoms with Crippen molar-refractivity contribution in [3.63, 3.8) is 0 Å². The fourth-order valence-electron chi connectivity index (χ4n) is 2.62. The predicted molar refractivity (Wildman–Crippen MR) is 106 cm³/mol. The Morgan fingerprint density at radius 2 is 1.46 bits per heavy atom. The van der Waals surface area contributed by atoms with Gasteiger partial charge in [0.1, 0.15) is 0 Å². The van der Waals surface area contributed by atoms with Crippen LogP contribution in [-0.2, 0) is 10.0 Å². The second-order valence-corrected chi connectivity index (χ2v) is 8.50. The van der Waals surface area contributed by atoms with Crippen LogP contribution in [-0.4, -0.2) is 8.42 Å². The lowest BCUT2D eigenvalue weighted by atomic mass is 10.00. The third kappa shape index (κ3) is 4.27. The van der Waals surface area contributed by atoms with Crippen molar-refractivity contribution in [2.75, 3.05) is 0 Å². The van der Waals surface area contributed by atoms with Gasteiger partial charge >= 0.3 is 0 Å². The predicted octanol–water partition coefficient (Wildman–Crippen LogP) is 5.37. The van der Waals surface area contributed by atoms with Gasteiger partial charge in [-0.05, 0) is 48.4 Å². The Morgan fingerprint density at radius 1 is 0.846 bits per heavy atom. The van der Waals surface area contributed by atoms with Gasteiger partial charge in [0.05, 0.1) is 10.9 Å². The van der Waals surface area contributed by atoms with Gasteiger partial charge in [-0.2, -0.15) is 4.72 Å². The zero-order valence-electron chi connectivity index (χ0n) is 14.0. The summed E-state index contributed by atoms with van der Waals surface area (Å²) in [6, 6.07) is 20.3. The van der Waals surface area contributed by atoms with Crippen molar-refractivity contribution < 1.29 is 8.42 Å². The summed E-state index contributed by atoms with van der Waals surface area (Å²) in [5, 5.41) is 1.06. The van der Waals surface area contributed by atoms with E-state index in [1.54, 1.807) is 66.7 Å². The number of nitrogens with one attached hydrogen (secondary N) is 1. The third-order valence-electron chi connectivity index (χ3n) is 4.02. The molecule has 1 atom stereocenters. The van der Waals surface area contributed by atoms with Gasteiger partial charge in [-0.25, -0.2) is 8.42 Å². The molecule has 0 saturated carbocycles. The molecule has 0 aliphatic heterocycles. The summed E-state index contributed by atoms with van der Waals surface area (Å²) >= 11 is 12.3. The lowest BCUT2D eigenvalue weighted by Crippen LogP contribution is -2.29. The monoisotopic (exact) mass is 405 g/mol. The highest BCUT2D eigenvalue weighted by molar-refractivity contribution is 7.89. The molecule has 0 bridgehead atoms. The standard InChI is InChI=1S/C20H17Cl2NO2S/c1-14-6-12-17(13-7-14)26(24,25)23-20(15-8-10-16(21)11-9-15)18-4-2-3-5-19(18)22/h2-13,20,23H,1H3. The first-order valence-corrected chi connectivity index (χ1v) is 10.2. The lowest BCUT2D eigenvalue weighted by molar-refractivity contribution is 0.572. The zero-order chi connectivity index (χ0) is 18.7. The van der Waals surface area contributed by atoms with E-state index < -0.39 is 16.1 Å². The second kappa shape index (κ2) is 7.80. The number of hydrogen-bond acceptors (Lipinski definition) is 2. The molecule has 3 nitrogen and oxygen atoms in total. The van der Waals surface area contributed by atoms with Gasteiger partial charge in [-0.3, -0.25) is 0 Å². The summed E-state index contributed by atoms with van der Waals surface area (Å²) in [7, 11) is -3.74. The summed E-state index contributed by atoms with van der Waals surface area (Å²) in [6.45, 7) is 1.91. The molecule has 0 aliphatic carbocycles. The number of halogens is 2. The van der Waals surface area contributed by atoms with E-state index in [0.717, 1.165) is 11.1 Å². The molecule has 0 amide bonds. The first-order chi connectivity index (χ1) is 12.4. The molecule has 3 aromatic carbocycles. The van der Waals surface area contributed by atoms with Crippen molar-refractivity contribution >= 4 is 33.2 Å². The Hall–Kier alpha value is -1.85. The summed E-state index contributed by atoms with van der Waals surface area (Å²) in [5.41, 5.74) is 2.41.